The molecule has 1 aliphatic heterocycles. The topological polar surface area (TPSA) is 160 Å². The molecule has 0 spiro atoms. The minimum Gasteiger partial charge on any atom is -0.445 e. The molecule has 1 saturated heterocycles. The van der Waals surface area contributed by atoms with Crippen LogP contribution in [-0.2, 0) is 40.2 Å². The molecule has 1 aliphatic rings. The Labute approximate surface area is 196 Å². The number of nitrogens with one attached hydrogen (secondary N) is 3. The average molecular weight is 476 g/mol. The molecule has 1 aromatic rings. The number of benzene rings is 1. The van der Waals surface area contributed by atoms with Gasteiger partial charge in [-0.15, -0.1) is 5.06 Å². The maximum absolute atomic E-state index is 12.6. The van der Waals surface area contributed by atoms with Crippen molar-refractivity contribution in [2.24, 2.45) is 5.92 Å². The highest BCUT2D eigenvalue weighted by Gasteiger charge is 2.33. The van der Waals surface area contributed by atoms with Gasteiger partial charge in [-0.05, 0) is 18.4 Å². The number of rotatable bonds is 10. The van der Waals surface area contributed by atoms with Gasteiger partial charge in [-0.25, -0.2) is 9.59 Å². The third-order valence-electron chi connectivity index (χ3n) is 4.79. The fourth-order valence-corrected chi connectivity index (χ4v) is 2.90. The molecule has 1 heterocycles. The van der Waals surface area contributed by atoms with Gasteiger partial charge in [0.25, 0.3) is 11.8 Å². The summed E-state index contributed by atoms with van der Waals surface area (Å²) >= 11 is 0. The van der Waals surface area contributed by atoms with E-state index in [-0.39, 0.29) is 25.4 Å². The Hall–Kier alpha value is -3.96. The Balaban J connectivity index is 1.79. The van der Waals surface area contributed by atoms with Crippen molar-refractivity contribution in [3.8, 4) is 0 Å². The van der Waals surface area contributed by atoms with E-state index in [2.05, 4.69) is 20.8 Å². The second kappa shape index (κ2) is 12.3. The summed E-state index contributed by atoms with van der Waals surface area (Å²) in [5.74, 6) is -3.94. The number of amides is 5. The number of carbonyl (C=O) groups is 6. The Morgan fingerprint density at radius 3 is 2.15 bits per heavy atom. The van der Waals surface area contributed by atoms with Crippen LogP contribution in [0.5, 0.6) is 0 Å². The molecule has 2 unspecified atom stereocenters. The van der Waals surface area contributed by atoms with Crippen LogP contribution in [0.2, 0.25) is 0 Å². The van der Waals surface area contributed by atoms with E-state index in [0.717, 1.165) is 5.56 Å². The first-order valence-corrected chi connectivity index (χ1v) is 10.7. The van der Waals surface area contributed by atoms with E-state index >= 15 is 0 Å². The predicted octanol–water partition coefficient (Wildman–Crippen LogP) is 0.166. The monoisotopic (exact) mass is 476 g/mol. The third-order valence-corrected chi connectivity index (χ3v) is 4.79. The molecule has 3 N–H and O–H groups in total. The zero-order valence-electron chi connectivity index (χ0n) is 19.2. The Morgan fingerprint density at radius 1 is 0.941 bits per heavy atom. The fraction of sp³-hybridized carbons (Fsp3) is 0.455. The summed E-state index contributed by atoms with van der Waals surface area (Å²) in [4.78, 5) is 76.3. The van der Waals surface area contributed by atoms with Crippen LogP contribution >= 0.6 is 0 Å². The van der Waals surface area contributed by atoms with E-state index in [4.69, 9.17) is 4.74 Å². The van der Waals surface area contributed by atoms with E-state index in [1.807, 2.05) is 6.07 Å². The van der Waals surface area contributed by atoms with E-state index in [0.29, 0.717) is 5.06 Å². The van der Waals surface area contributed by atoms with E-state index < -0.39 is 54.3 Å². The summed E-state index contributed by atoms with van der Waals surface area (Å²) < 4.78 is 5.13. The van der Waals surface area contributed by atoms with Crippen molar-refractivity contribution in [1.82, 2.24) is 21.0 Å². The Bertz CT molecular complexity index is 918. The van der Waals surface area contributed by atoms with Crippen molar-refractivity contribution in [2.75, 3.05) is 6.54 Å². The lowest BCUT2D eigenvalue weighted by Gasteiger charge is -2.23. The molecule has 2 atom stereocenters. The number of hydroxylamine groups is 2. The van der Waals surface area contributed by atoms with Crippen LogP contribution in [0.15, 0.2) is 30.3 Å². The van der Waals surface area contributed by atoms with Crippen molar-refractivity contribution >= 4 is 35.7 Å². The maximum atomic E-state index is 12.6. The minimum atomic E-state index is -1.06. The quantitative estimate of drug-likeness (QED) is 0.403. The van der Waals surface area contributed by atoms with Gasteiger partial charge in [0.1, 0.15) is 25.2 Å². The molecule has 1 aromatic carbocycles. The molecule has 0 saturated carbocycles. The van der Waals surface area contributed by atoms with Crippen LogP contribution in [0.25, 0.3) is 0 Å². The molecule has 1 fully saturated rings. The van der Waals surface area contributed by atoms with Gasteiger partial charge in [0.05, 0.1) is 0 Å². The first kappa shape index (κ1) is 26.3. The number of ether oxygens (including phenoxy) is 1. The minimum absolute atomic E-state index is 0.0304. The summed E-state index contributed by atoms with van der Waals surface area (Å²) in [5, 5.41) is 7.56. The molecule has 5 amide bonds. The molecule has 12 heteroatoms. The van der Waals surface area contributed by atoms with Gasteiger partial charge in [-0.2, -0.15) is 0 Å². The molecule has 184 valence electrons. The molecule has 0 aliphatic carbocycles. The Kier molecular flexibility index (Phi) is 9.53. The van der Waals surface area contributed by atoms with Crippen molar-refractivity contribution in [3.05, 3.63) is 35.9 Å². The third kappa shape index (κ3) is 7.87. The zero-order chi connectivity index (χ0) is 25.3. The van der Waals surface area contributed by atoms with Gasteiger partial charge in [0.15, 0.2) is 0 Å². The number of hydrogen-bond acceptors (Lipinski definition) is 8. The first-order valence-electron chi connectivity index (χ1n) is 10.7. The average Bonchev–Trinajstić information content (AvgIpc) is 3.11. The van der Waals surface area contributed by atoms with Crippen LogP contribution in [0, 0.1) is 5.92 Å². The van der Waals surface area contributed by atoms with Crippen LogP contribution < -0.4 is 16.0 Å². The zero-order valence-corrected chi connectivity index (χ0v) is 19.2. The number of carbonyl (C=O) groups excluding carboxylic acids is 6. The van der Waals surface area contributed by atoms with E-state index in [1.165, 1.54) is 6.92 Å². The Morgan fingerprint density at radius 2 is 1.56 bits per heavy atom. The van der Waals surface area contributed by atoms with Gasteiger partial charge in [0, 0.05) is 12.8 Å². The molecule has 12 nitrogen and oxygen atoms in total. The molecular formula is C22H28N4O8. The van der Waals surface area contributed by atoms with Crippen molar-refractivity contribution in [1.29, 1.82) is 0 Å². The van der Waals surface area contributed by atoms with Gasteiger partial charge in [-0.1, -0.05) is 44.2 Å². The summed E-state index contributed by atoms with van der Waals surface area (Å²) in [6, 6.07) is 6.98. The number of alkyl carbamates (subject to hydrolysis) is 1. The predicted molar refractivity (Wildman–Crippen MR) is 116 cm³/mol. The largest absolute Gasteiger partial charge is 0.445 e. The van der Waals surface area contributed by atoms with E-state index in [9.17, 15) is 28.8 Å². The summed E-state index contributed by atoms with van der Waals surface area (Å²) in [6.45, 7) is 4.22. The maximum Gasteiger partial charge on any atom is 0.408 e. The van der Waals surface area contributed by atoms with Crippen molar-refractivity contribution in [2.45, 2.75) is 52.3 Å². The highest BCUT2D eigenvalue weighted by atomic mass is 16.7. The lowest BCUT2D eigenvalue weighted by Crippen LogP contribution is -2.55. The molecule has 0 radical (unpaired) electrons. The first-order chi connectivity index (χ1) is 16.1. The summed E-state index contributed by atoms with van der Waals surface area (Å²) in [5.41, 5.74) is 0.783. The van der Waals surface area contributed by atoms with Gasteiger partial charge in [0.2, 0.25) is 11.8 Å². The number of imide groups is 1. The van der Waals surface area contributed by atoms with Gasteiger partial charge >= 0.3 is 12.1 Å². The highest BCUT2D eigenvalue weighted by Crippen LogP contribution is 2.11. The summed E-state index contributed by atoms with van der Waals surface area (Å²) in [7, 11) is 0. The molecule has 0 aromatic heterocycles. The van der Waals surface area contributed by atoms with Crippen LogP contribution in [0.3, 0.4) is 0 Å². The van der Waals surface area contributed by atoms with Crippen LogP contribution in [0.1, 0.15) is 39.2 Å². The van der Waals surface area contributed by atoms with Gasteiger partial charge < -0.3 is 25.5 Å². The molecule has 2 rings (SSSR count). The SMILES string of the molecule is CC(NC(=O)C(NC(=O)OCc1ccccc1)C(C)C)C(=O)NCC(=O)ON1C(=O)CCC1=O. The number of nitrogens with zero attached hydrogens (tertiary/aromatic N) is 1. The normalized spacial score (nSPS) is 14.9. The van der Waals surface area contributed by atoms with Crippen LogP contribution in [0.4, 0.5) is 4.79 Å². The molecular weight excluding hydrogens is 448 g/mol. The van der Waals surface area contributed by atoms with Crippen molar-refractivity contribution < 1.29 is 38.3 Å². The second-order valence-electron chi connectivity index (χ2n) is 7.92. The van der Waals surface area contributed by atoms with Gasteiger partial charge in [-0.3, -0.25) is 19.2 Å². The standard InChI is InChI=1S/C22H28N4O8/c1-13(2)19(25-22(32)33-12-15-7-5-4-6-8-15)21(31)24-14(3)20(30)23-11-18(29)34-26-16(27)9-10-17(26)28/h4-8,13-14,19H,9-12H2,1-3H3,(H,23,30)(H,24,31)(H,25,32). The van der Waals surface area contributed by atoms with E-state index in [1.54, 1.807) is 38.1 Å². The lowest BCUT2D eigenvalue weighted by atomic mass is 10.0. The number of hydrogen-bond donors (Lipinski definition) is 3. The van der Waals surface area contributed by atoms with Crippen molar-refractivity contribution in [3.63, 3.8) is 0 Å². The molecule has 0 bridgehead atoms. The smallest absolute Gasteiger partial charge is 0.408 e. The van der Waals surface area contributed by atoms with Crippen LogP contribution in [-0.4, -0.2) is 59.4 Å². The summed E-state index contributed by atoms with van der Waals surface area (Å²) in [6.07, 6.45) is -0.887. The fourth-order valence-electron chi connectivity index (χ4n) is 2.90. The lowest BCUT2D eigenvalue weighted by molar-refractivity contribution is -0.196. The molecule has 34 heavy (non-hydrogen) atoms. The highest BCUT2D eigenvalue weighted by molar-refractivity contribution is 6.01. The second-order valence-corrected chi connectivity index (χ2v) is 7.92.